The number of aryl methyl sites for hydroxylation is 1. The first kappa shape index (κ1) is 26.3. The van der Waals surface area contributed by atoms with E-state index in [0.29, 0.717) is 5.82 Å². The van der Waals surface area contributed by atoms with Crippen LogP contribution in [0.4, 0.5) is 5.82 Å². The van der Waals surface area contributed by atoms with E-state index in [1.165, 1.54) is 0 Å². The number of nitrogen functional groups attached to an aromatic ring is 1. The molecule has 3 heterocycles. The Morgan fingerprint density at radius 1 is 0.929 bits per heavy atom. The molecule has 1 aliphatic rings. The first-order valence-corrected chi connectivity index (χ1v) is 15.3. The lowest BCUT2D eigenvalue weighted by Gasteiger charge is -2.34. The number of imidazole rings is 1. The van der Waals surface area contributed by atoms with Gasteiger partial charge in [-0.2, -0.15) is 8.42 Å². The molecule has 3 aromatic carbocycles. The monoisotopic (exact) mass is 575 g/mol. The highest BCUT2D eigenvalue weighted by Crippen LogP contribution is 2.43. The average Bonchev–Trinajstić information content (AvgIpc) is 3.37. The number of nitrogens with zero attached hydrogens (tertiary/aromatic N) is 4. The maximum absolute atomic E-state index is 12.6. The molecule has 9 heteroatoms. The SMILES string of the molecule is Cc1ccc(S(=O)(=O)OCC2CC(c3nc(-c4ccc5ccc(-c6ccccc6)nc5c4)c4c(N)nccn34)C2)cc1. The van der Waals surface area contributed by atoms with Gasteiger partial charge in [-0.15, -0.1) is 0 Å². The second-order valence-electron chi connectivity index (χ2n) is 10.9. The van der Waals surface area contributed by atoms with Crippen molar-refractivity contribution in [3.05, 3.63) is 109 Å². The molecule has 8 nitrogen and oxygen atoms in total. The Bertz CT molecular complexity index is 2030. The molecule has 3 aromatic heterocycles. The number of aromatic nitrogens is 4. The Labute approximate surface area is 244 Å². The van der Waals surface area contributed by atoms with Crippen LogP contribution in [-0.2, 0) is 14.3 Å². The van der Waals surface area contributed by atoms with Crippen molar-refractivity contribution in [3.8, 4) is 22.5 Å². The first-order valence-electron chi connectivity index (χ1n) is 13.9. The van der Waals surface area contributed by atoms with Gasteiger partial charge in [0.05, 0.1) is 22.7 Å². The van der Waals surface area contributed by atoms with Gasteiger partial charge in [0.15, 0.2) is 0 Å². The molecular weight excluding hydrogens is 546 g/mol. The number of hydrogen-bond donors (Lipinski definition) is 1. The fourth-order valence-electron chi connectivity index (χ4n) is 5.65. The molecule has 6 aromatic rings. The van der Waals surface area contributed by atoms with E-state index in [9.17, 15) is 8.42 Å². The summed E-state index contributed by atoms with van der Waals surface area (Å²) in [5, 5.41) is 1.04. The van der Waals surface area contributed by atoms with Gasteiger partial charge in [0.2, 0.25) is 0 Å². The Morgan fingerprint density at radius 2 is 1.69 bits per heavy atom. The fraction of sp³-hybridized carbons (Fsp3) is 0.182. The van der Waals surface area contributed by atoms with Crippen LogP contribution in [0.15, 0.2) is 102 Å². The molecule has 42 heavy (non-hydrogen) atoms. The van der Waals surface area contributed by atoms with Gasteiger partial charge in [-0.25, -0.2) is 15.0 Å². The summed E-state index contributed by atoms with van der Waals surface area (Å²) in [6, 6.07) is 27.1. The minimum atomic E-state index is -3.79. The summed E-state index contributed by atoms with van der Waals surface area (Å²) < 4.78 is 32.7. The molecule has 0 unspecified atom stereocenters. The first-order chi connectivity index (χ1) is 20.4. The molecule has 0 radical (unpaired) electrons. The van der Waals surface area contributed by atoms with Crippen LogP contribution in [0.1, 0.15) is 30.1 Å². The van der Waals surface area contributed by atoms with E-state index in [-0.39, 0.29) is 23.3 Å². The molecule has 1 aliphatic carbocycles. The number of fused-ring (bicyclic) bond motifs is 2. The maximum Gasteiger partial charge on any atom is 0.296 e. The Kier molecular flexibility index (Phi) is 6.48. The quantitative estimate of drug-likeness (QED) is 0.219. The topological polar surface area (TPSA) is 112 Å². The van der Waals surface area contributed by atoms with Crippen molar-refractivity contribution >= 4 is 32.4 Å². The van der Waals surface area contributed by atoms with Crippen LogP contribution in [0.5, 0.6) is 0 Å². The third kappa shape index (κ3) is 4.80. The second kappa shape index (κ2) is 10.3. The minimum Gasteiger partial charge on any atom is -0.382 e. The molecule has 0 aliphatic heterocycles. The standard InChI is InChI=1S/C33H29N5O3S/c1-21-7-12-27(13-8-21)42(39,40)41-20-22-17-26(18-22)33-37-30(31-32(34)35-15-16-38(31)33)25-10-9-24-11-14-28(36-29(24)19-25)23-5-3-2-4-6-23/h2-16,19,22,26H,17-18,20H2,1H3,(H2,34,35). The van der Waals surface area contributed by atoms with Crippen LogP contribution in [0.3, 0.4) is 0 Å². The van der Waals surface area contributed by atoms with Crippen molar-refractivity contribution in [2.75, 3.05) is 12.3 Å². The van der Waals surface area contributed by atoms with Crippen molar-refractivity contribution in [2.24, 2.45) is 5.92 Å². The van der Waals surface area contributed by atoms with E-state index < -0.39 is 10.1 Å². The van der Waals surface area contributed by atoms with Crippen LogP contribution in [0.25, 0.3) is 38.9 Å². The summed E-state index contributed by atoms with van der Waals surface area (Å²) >= 11 is 0. The summed E-state index contributed by atoms with van der Waals surface area (Å²) in [5.74, 6) is 1.55. The van der Waals surface area contributed by atoms with Gasteiger partial charge >= 0.3 is 0 Å². The molecule has 210 valence electrons. The normalized spacial score (nSPS) is 17.0. The van der Waals surface area contributed by atoms with E-state index >= 15 is 0 Å². The summed E-state index contributed by atoms with van der Waals surface area (Å²) in [5.41, 5.74) is 12.6. The van der Waals surface area contributed by atoms with Gasteiger partial charge in [-0.3, -0.25) is 8.58 Å². The number of pyridine rings is 1. The zero-order chi connectivity index (χ0) is 28.8. The van der Waals surface area contributed by atoms with E-state index in [1.807, 2.05) is 53.9 Å². The number of benzene rings is 3. The molecule has 1 saturated carbocycles. The highest BCUT2D eigenvalue weighted by molar-refractivity contribution is 7.86. The summed E-state index contributed by atoms with van der Waals surface area (Å²) in [6.45, 7) is 2.06. The van der Waals surface area contributed by atoms with Crippen LogP contribution >= 0.6 is 0 Å². The molecule has 0 saturated heterocycles. The van der Waals surface area contributed by atoms with Crippen molar-refractivity contribution < 1.29 is 12.6 Å². The Hall–Kier alpha value is -4.60. The molecule has 0 atom stereocenters. The molecule has 2 N–H and O–H groups in total. The second-order valence-corrected chi connectivity index (χ2v) is 12.5. The number of anilines is 1. The highest BCUT2D eigenvalue weighted by atomic mass is 32.2. The number of nitrogens with two attached hydrogens (primary N) is 1. The molecular formula is C33H29N5O3S. The van der Waals surface area contributed by atoms with Gasteiger partial charge in [-0.05, 0) is 49.9 Å². The van der Waals surface area contributed by atoms with Gasteiger partial charge < -0.3 is 5.73 Å². The predicted octanol–water partition coefficient (Wildman–Crippen LogP) is 6.40. The third-order valence-corrected chi connectivity index (χ3v) is 9.31. The smallest absolute Gasteiger partial charge is 0.296 e. The Balaban J connectivity index is 1.15. The summed E-state index contributed by atoms with van der Waals surface area (Å²) in [6.07, 6.45) is 5.10. The van der Waals surface area contributed by atoms with Gasteiger partial charge in [-0.1, -0.05) is 66.2 Å². The third-order valence-electron chi connectivity index (χ3n) is 8.01. The summed E-state index contributed by atoms with van der Waals surface area (Å²) in [4.78, 5) is 14.5. The maximum atomic E-state index is 12.6. The summed E-state index contributed by atoms with van der Waals surface area (Å²) in [7, 11) is -3.79. The molecule has 0 spiro atoms. The number of hydrogen-bond acceptors (Lipinski definition) is 7. The number of rotatable bonds is 7. The van der Waals surface area contributed by atoms with Crippen molar-refractivity contribution in [2.45, 2.75) is 30.6 Å². The van der Waals surface area contributed by atoms with E-state index in [2.05, 4.69) is 29.2 Å². The zero-order valence-electron chi connectivity index (χ0n) is 23.0. The molecule has 0 amide bonds. The average molecular weight is 576 g/mol. The zero-order valence-corrected chi connectivity index (χ0v) is 23.8. The largest absolute Gasteiger partial charge is 0.382 e. The molecule has 1 fully saturated rings. The van der Waals surface area contributed by atoms with Gasteiger partial charge in [0.1, 0.15) is 22.9 Å². The lowest BCUT2D eigenvalue weighted by atomic mass is 9.75. The van der Waals surface area contributed by atoms with Crippen molar-refractivity contribution in [3.63, 3.8) is 0 Å². The van der Waals surface area contributed by atoms with Crippen LogP contribution < -0.4 is 5.73 Å². The highest BCUT2D eigenvalue weighted by Gasteiger charge is 2.35. The van der Waals surface area contributed by atoms with Gasteiger partial charge in [0, 0.05) is 34.8 Å². The lowest BCUT2D eigenvalue weighted by Crippen LogP contribution is -2.28. The van der Waals surface area contributed by atoms with Crippen molar-refractivity contribution in [1.29, 1.82) is 0 Å². The van der Waals surface area contributed by atoms with E-state index in [4.69, 9.17) is 19.9 Å². The van der Waals surface area contributed by atoms with Crippen LogP contribution in [0, 0.1) is 12.8 Å². The molecule has 7 rings (SSSR count). The van der Waals surface area contributed by atoms with Gasteiger partial charge in [0.25, 0.3) is 10.1 Å². The van der Waals surface area contributed by atoms with Crippen LogP contribution in [-0.4, -0.2) is 34.4 Å². The predicted molar refractivity (Wildman–Crippen MR) is 163 cm³/mol. The Morgan fingerprint density at radius 3 is 2.48 bits per heavy atom. The van der Waals surface area contributed by atoms with Crippen molar-refractivity contribution in [1.82, 2.24) is 19.4 Å². The van der Waals surface area contributed by atoms with Crippen LogP contribution in [0.2, 0.25) is 0 Å². The lowest BCUT2D eigenvalue weighted by molar-refractivity contribution is 0.158. The van der Waals surface area contributed by atoms with E-state index in [0.717, 1.165) is 63.2 Å². The fourth-order valence-corrected chi connectivity index (χ4v) is 6.63. The minimum absolute atomic E-state index is 0.117. The van der Waals surface area contributed by atoms with E-state index in [1.54, 1.807) is 30.5 Å². The molecule has 0 bridgehead atoms.